The lowest BCUT2D eigenvalue weighted by Crippen LogP contribution is -2.53. The molecule has 7 nitrogen and oxygen atoms in total. The summed E-state index contributed by atoms with van der Waals surface area (Å²) in [4.78, 5) is 41.7. The number of nitrogens with one attached hydrogen (secondary N) is 2. The number of aryl methyl sites for hydroxylation is 1. The average Bonchev–Trinajstić information content (AvgIpc) is 3.33. The molecule has 3 aliphatic rings. The third-order valence-corrected chi connectivity index (χ3v) is 10.2. The molecule has 0 radical (unpaired) electrons. The molecule has 2 bridgehead atoms. The van der Waals surface area contributed by atoms with Crippen molar-refractivity contribution in [2.45, 2.75) is 47.6 Å². The first kappa shape index (κ1) is 23.9. The Hall–Kier alpha value is -1.29. The molecule has 0 aromatic heterocycles. The van der Waals surface area contributed by atoms with Crippen molar-refractivity contribution in [3.8, 4) is 0 Å². The fourth-order valence-corrected chi connectivity index (χ4v) is 9.31. The monoisotopic (exact) mass is 543 g/mol. The molecule has 3 saturated heterocycles. The SMILES string of the molecule is CCCNC(=O)[C@H]1[C@H]2C(=O)N(CCO)C(C(=O)Nc3c(C)cccc3Cl)C23CC(Br)[C@@H]1S3. The molecule has 32 heavy (non-hydrogen) atoms. The van der Waals surface area contributed by atoms with Crippen LogP contribution in [0, 0.1) is 18.8 Å². The van der Waals surface area contributed by atoms with Gasteiger partial charge in [-0.15, -0.1) is 11.8 Å². The number of carbonyl (C=O) groups excluding carboxylic acids is 3. The second-order valence-corrected chi connectivity index (χ2v) is 11.8. The number of likely N-dealkylation sites (tertiary alicyclic amines) is 1. The van der Waals surface area contributed by atoms with E-state index in [1.807, 2.05) is 26.0 Å². The number of hydrogen-bond acceptors (Lipinski definition) is 5. The molecule has 3 amide bonds. The molecule has 3 aliphatic heterocycles. The number of para-hydroxylation sites is 1. The number of amides is 3. The van der Waals surface area contributed by atoms with E-state index < -0.39 is 22.6 Å². The van der Waals surface area contributed by atoms with Gasteiger partial charge in [0.2, 0.25) is 17.7 Å². The van der Waals surface area contributed by atoms with Crippen molar-refractivity contribution in [2.24, 2.45) is 11.8 Å². The zero-order chi connectivity index (χ0) is 23.2. The van der Waals surface area contributed by atoms with Crippen molar-refractivity contribution >= 4 is 62.7 Å². The highest BCUT2D eigenvalue weighted by atomic mass is 79.9. The van der Waals surface area contributed by atoms with E-state index in [2.05, 4.69) is 26.6 Å². The molecule has 3 heterocycles. The Morgan fingerprint density at radius 2 is 2.12 bits per heavy atom. The van der Waals surface area contributed by atoms with Gasteiger partial charge in [0, 0.05) is 23.2 Å². The second kappa shape index (κ2) is 9.16. The number of fused-ring (bicyclic) bond motifs is 1. The second-order valence-electron chi connectivity index (χ2n) is 8.63. The zero-order valence-corrected chi connectivity index (χ0v) is 21.1. The van der Waals surface area contributed by atoms with Crippen LogP contribution in [-0.2, 0) is 14.4 Å². The van der Waals surface area contributed by atoms with E-state index in [4.69, 9.17) is 11.6 Å². The Bertz CT molecular complexity index is 930. The summed E-state index contributed by atoms with van der Waals surface area (Å²) in [6, 6.07) is 4.56. The van der Waals surface area contributed by atoms with Gasteiger partial charge in [-0.3, -0.25) is 14.4 Å². The van der Waals surface area contributed by atoms with E-state index in [1.54, 1.807) is 17.8 Å². The molecule has 1 aromatic carbocycles. The number of thioether (sulfide) groups is 1. The first-order chi connectivity index (χ1) is 15.3. The number of alkyl halides is 1. The molecular weight excluding hydrogens is 518 g/mol. The summed E-state index contributed by atoms with van der Waals surface area (Å²) < 4.78 is -0.738. The van der Waals surface area contributed by atoms with Crippen LogP contribution in [0.4, 0.5) is 5.69 Å². The van der Waals surface area contributed by atoms with E-state index in [-0.39, 0.29) is 41.0 Å². The van der Waals surface area contributed by atoms with Crippen LogP contribution >= 0.6 is 39.3 Å². The lowest BCUT2D eigenvalue weighted by molar-refractivity contribution is -0.139. The van der Waals surface area contributed by atoms with Gasteiger partial charge in [-0.1, -0.05) is 46.6 Å². The molecular formula is C22H27BrClN3O4S. The van der Waals surface area contributed by atoms with Crippen molar-refractivity contribution in [3.05, 3.63) is 28.8 Å². The number of hydrogen-bond donors (Lipinski definition) is 3. The van der Waals surface area contributed by atoms with Crippen LogP contribution in [0.15, 0.2) is 18.2 Å². The van der Waals surface area contributed by atoms with Crippen molar-refractivity contribution in [1.82, 2.24) is 10.2 Å². The third kappa shape index (κ3) is 3.65. The van der Waals surface area contributed by atoms with Gasteiger partial charge in [0.1, 0.15) is 6.04 Å². The van der Waals surface area contributed by atoms with Crippen LogP contribution in [0.5, 0.6) is 0 Å². The van der Waals surface area contributed by atoms with Gasteiger partial charge < -0.3 is 20.6 Å². The van der Waals surface area contributed by atoms with Crippen molar-refractivity contribution in [3.63, 3.8) is 0 Å². The maximum absolute atomic E-state index is 13.7. The van der Waals surface area contributed by atoms with Crippen molar-refractivity contribution in [1.29, 1.82) is 0 Å². The highest BCUT2D eigenvalue weighted by Crippen LogP contribution is 2.67. The molecule has 4 rings (SSSR count). The van der Waals surface area contributed by atoms with E-state index in [9.17, 15) is 19.5 Å². The van der Waals surface area contributed by atoms with Gasteiger partial charge in [-0.25, -0.2) is 0 Å². The third-order valence-electron chi connectivity index (χ3n) is 6.70. The molecule has 1 aromatic rings. The summed E-state index contributed by atoms with van der Waals surface area (Å²) in [6.07, 6.45) is 1.40. The molecule has 1 spiro atoms. The Balaban J connectivity index is 1.71. The normalized spacial score (nSPS) is 32.8. The number of aliphatic hydroxyl groups excluding tert-OH is 1. The molecule has 6 atom stereocenters. The van der Waals surface area contributed by atoms with Gasteiger partial charge in [-0.2, -0.15) is 0 Å². The number of halogens is 2. The summed E-state index contributed by atoms with van der Waals surface area (Å²) in [5, 5.41) is 15.9. The van der Waals surface area contributed by atoms with Crippen LogP contribution in [-0.4, -0.2) is 68.3 Å². The smallest absolute Gasteiger partial charge is 0.248 e. The highest BCUT2D eigenvalue weighted by molar-refractivity contribution is 9.09. The standard InChI is InChI=1S/C22H27BrClN3O4S/c1-3-7-25-19(29)14-15-21(31)27(8-9-28)18(22(15)10-12(23)17(14)32-22)20(30)26-16-11(2)5-4-6-13(16)24/h4-6,12,14-15,17-18,28H,3,7-10H2,1-2H3,(H,25,29)(H,26,30)/t12?,14-,15-,17-,18?,22?/m0/s1. The van der Waals surface area contributed by atoms with E-state index in [0.29, 0.717) is 23.7 Å². The lowest BCUT2D eigenvalue weighted by Gasteiger charge is -2.35. The zero-order valence-electron chi connectivity index (χ0n) is 17.9. The molecule has 3 fully saturated rings. The number of nitrogens with zero attached hydrogens (tertiary/aromatic N) is 1. The first-order valence-electron chi connectivity index (χ1n) is 10.8. The molecule has 10 heteroatoms. The molecule has 3 unspecified atom stereocenters. The number of rotatable bonds is 7. The van der Waals surface area contributed by atoms with Gasteiger partial charge in [0.05, 0.1) is 33.9 Å². The quantitative estimate of drug-likeness (QED) is 0.458. The predicted molar refractivity (Wildman–Crippen MR) is 129 cm³/mol. The Kier molecular flexibility index (Phi) is 6.83. The number of β-amino-alcohol motifs (C(OH)–C–C–N with tert-alkyl or cyclic N) is 1. The van der Waals surface area contributed by atoms with E-state index in [1.165, 1.54) is 4.90 Å². The molecule has 0 aliphatic carbocycles. The van der Waals surface area contributed by atoms with E-state index >= 15 is 0 Å². The largest absolute Gasteiger partial charge is 0.395 e. The molecule has 0 saturated carbocycles. The number of aliphatic hydroxyl groups is 1. The number of carbonyl (C=O) groups is 3. The fraction of sp³-hybridized carbons (Fsp3) is 0.591. The Morgan fingerprint density at radius 1 is 1.38 bits per heavy atom. The topological polar surface area (TPSA) is 98.7 Å². The minimum Gasteiger partial charge on any atom is -0.395 e. The van der Waals surface area contributed by atoms with Crippen molar-refractivity contribution in [2.75, 3.05) is 25.0 Å². The maximum atomic E-state index is 13.7. The highest BCUT2D eigenvalue weighted by Gasteiger charge is 2.75. The lowest BCUT2D eigenvalue weighted by atomic mass is 9.70. The summed E-state index contributed by atoms with van der Waals surface area (Å²) in [5.74, 6) is -1.83. The van der Waals surface area contributed by atoms with Crippen LogP contribution in [0.1, 0.15) is 25.3 Å². The maximum Gasteiger partial charge on any atom is 0.248 e. The molecule has 174 valence electrons. The number of benzene rings is 1. The van der Waals surface area contributed by atoms with E-state index in [0.717, 1.165) is 12.0 Å². The molecule has 3 N–H and O–H groups in total. The summed E-state index contributed by atoms with van der Waals surface area (Å²) in [5.41, 5.74) is 1.33. The van der Waals surface area contributed by atoms with Crippen LogP contribution in [0.3, 0.4) is 0 Å². The van der Waals surface area contributed by atoms with Gasteiger partial charge in [0.25, 0.3) is 0 Å². The fourth-order valence-electron chi connectivity index (χ4n) is 5.43. The Morgan fingerprint density at radius 3 is 2.78 bits per heavy atom. The Labute approximate surface area is 205 Å². The van der Waals surface area contributed by atoms with Gasteiger partial charge in [0.15, 0.2) is 0 Å². The van der Waals surface area contributed by atoms with Crippen LogP contribution in [0.2, 0.25) is 5.02 Å². The van der Waals surface area contributed by atoms with Gasteiger partial charge >= 0.3 is 0 Å². The summed E-state index contributed by atoms with van der Waals surface area (Å²) >= 11 is 11.6. The average molecular weight is 545 g/mol. The van der Waals surface area contributed by atoms with Crippen molar-refractivity contribution < 1.29 is 19.5 Å². The minimum atomic E-state index is -0.804. The number of anilines is 1. The summed E-state index contributed by atoms with van der Waals surface area (Å²) in [7, 11) is 0. The minimum absolute atomic E-state index is 0.0142. The first-order valence-corrected chi connectivity index (χ1v) is 13.0. The predicted octanol–water partition coefficient (Wildman–Crippen LogP) is 2.57. The van der Waals surface area contributed by atoms with Crippen LogP contribution in [0.25, 0.3) is 0 Å². The van der Waals surface area contributed by atoms with Gasteiger partial charge in [-0.05, 0) is 31.4 Å². The van der Waals surface area contributed by atoms with Crippen LogP contribution < -0.4 is 10.6 Å². The summed E-state index contributed by atoms with van der Waals surface area (Å²) in [6.45, 7) is 4.15.